The van der Waals surface area contributed by atoms with Gasteiger partial charge in [0.1, 0.15) is 0 Å². The van der Waals surface area contributed by atoms with E-state index in [9.17, 15) is 0 Å². The van der Waals surface area contributed by atoms with E-state index in [1.54, 1.807) is 0 Å². The number of unbranched alkanes of at least 4 members (excludes halogenated alkanes) is 1. The number of ether oxygens (including phenoxy) is 2. The van der Waals surface area contributed by atoms with E-state index in [0.717, 1.165) is 19.1 Å². The van der Waals surface area contributed by atoms with Gasteiger partial charge in [0.05, 0.1) is 12.2 Å². The molecule has 0 heterocycles. The van der Waals surface area contributed by atoms with Crippen LogP contribution in [-0.2, 0) is 9.47 Å². The van der Waals surface area contributed by atoms with Crippen LogP contribution < -0.4 is 0 Å². The Balaban J connectivity index is 1.61. The minimum atomic E-state index is 0.527. The van der Waals surface area contributed by atoms with Gasteiger partial charge in [-0.25, -0.2) is 0 Å². The Bertz CT molecular complexity index is 246. The summed E-state index contributed by atoms with van der Waals surface area (Å²) in [5.41, 5.74) is 0. The van der Waals surface area contributed by atoms with Gasteiger partial charge in [-0.2, -0.15) is 0 Å². The fraction of sp³-hybridized carbons (Fsp3) is 1.00. The van der Waals surface area contributed by atoms with Crippen molar-refractivity contribution in [3.8, 4) is 0 Å². The smallest absolute Gasteiger partial charge is 0.0575 e. The lowest BCUT2D eigenvalue weighted by atomic mass is 10.0. The predicted octanol–water partition coefficient (Wildman–Crippen LogP) is 5.49. The van der Waals surface area contributed by atoms with Crippen molar-refractivity contribution < 1.29 is 9.47 Å². The third kappa shape index (κ3) is 7.15. The fourth-order valence-electron chi connectivity index (χ4n) is 3.75. The van der Waals surface area contributed by atoms with Gasteiger partial charge in [-0.3, -0.25) is 0 Å². The van der Waals surface area contributed by atoms with Crippen molar-refractivity contribution in [2.45, 2.75) is 103 Å². The first-order valence-corrected chi connectivity index (χ1v) is 9.61. The molecule has 2 nitrogen and oxygen atoms in total. The molecule has 2 rings (SSSR count). The molecule has 0 N–H and O–H groups in total. The molecule has 0 aromatic carbocycles. The summed E-state index contributed by atoms with van der Waals surface area (Å²) in [6, 6.07) is 0. The first kappa shape index (κ1) is 17.3. The molecule has 21 heavy (non-hydrogen) atoms. The minimum Gasteiger partial charge on any atom is -0.378 e. The summed E-state index contributed by atoms with van der Waals surface area (Å²) in [6.07, 6.45) is 18.2. The predicted molar refractivity (Wildman–Crippen MR) is 88.7 cm³/mol. The Kier molecular flexibility index (Phi) is 8.73. The van der Waals surface area contributed by atoms with Gasteiger partial charge < -0.3 is 9.47 Å². The van der Waals surface area contributed by atoms with E-state index in [4.69, 9.17) is 9.47 Å². The molecule has 0 aromatic rings. The van der Waals surface area contributed by atoms with Crippen LogP contribution in [0.2, 0.25) is 0 Å². The fourth-order valence-corrected chi connectivity index (χ4v) is 3.75. The van der Waals surface area contributed by atoms with Gasteiger partial charge in [-0.1, -0.05) is 45.4 Å². The van der Waals surface area contributed by atoms with Crippen molar-refractivity contribution in [2.24, 2.45) is 5.92 Å². The Hall–Kier alpha value is -0.0800. The zero-order chi connectivity index (χ0) is 14.8. The van der Waals surface area contributed by atoms with Crippen molar-refractivity contribution in [2.75, 3.05) is 13.2 Å². The second-order valence-electron chi connectivity index (χ2n) is 7.17. The van der Waals surface area contributed by atoms with E-state index in [1.807, 2.05) is 0 Å². The zero-order valence-electron chi connectivity index (χ0n) is 14.2. The molecule has 2 aliphatic carbocycles. The van der Waals surface area contributed by atoms with E-state index < -0.39 is 0 Å². The van der Waals surface area contributed by atoms with E-state index >= 15 is 0 Å². The van der Waals surface area contributed by atoms with Crippen molar-refractivity contribution in [3.05, 3.63) is 0 Å². The molecule has 0 radical (unpaired) electrons. The first-order valence-electron chi connectivity index (χ1n) is 9.61. The summed E-state index contributed by atoms with van der Waals surface area (Å²) in [6.45, 7) is 4.20. The number of hydrogen-bond donors (Lipinski definition) is 0. The Morgan fingerprint density at radius 3 is 2.19 bits per heavy atom. The molecule has 0 saturated heterocycles. The Labute approximate surface area is 132 Å². The summed E-state index contributed by atoms with van der Waals surface area (Å²) in [5, 5.41) is 0. The van der Waals surface area contributed by atoms with Gasteiger partial charge in [0.15, 0.2) is 0 Å². The first-order chi connectivity index (χ1) is 10.4. The highest BCUT2D eigenvalue weighted by molar-refractivity contribution is 4.72. The van der Waals surface area contributed by atoms with Crippen LogP contribution in [-0.4, -0.2) is 25.4 Å². The lowest BCUT2D eigenvalue weighted by molar-refractivity contribution is 0.0138. The molecule has 0 aliphatic heterocycles. The zero-order valence-corrected chi connectivity index (χ0v) is 14.2. The highest BCUT2D eigenvalue weighted by Gasteiger charge is 2.21. The third-order valence-corrected chi connectivity index (χ3v) is 5.26. The van der Waals surface area contributed by atoms with Crippen LogP contribution in [0.3, 0.4) is 0 Å². The lowest BCUT2D eigenvalue weighted by Crippen LogP contribution is -2.18. The molecular weight excluding hydrogens is 260 g/mol. The highest BCUT2D eigenvalue weighted by Crippen LogP contribution is 2.27. The average molecular weight is 296 g/mol. The van der Waals surface area contributed by atoms with Crippen molar-refractivity contribution in [3.63, 3.8) is 0 Å². The summed E-state index contributed by atoms with van der Waals surface area (Å²) in [7, 11) is 0. The summed E-state index contributed by atoms with van der Waals surface area (Å²) >= 11 is 0. The summed E-state index contributed by atoms with van der Waals surface area (Å²) < 4.78 is 12.3. The van der Waals surface area contributed by atoms with Crippen molar-refractivity contribution >= 4 is 0 Å². The summed E-state index contributed by atoms with van der Waals surface area (Å²) in [5.74, 6) is 0.785. The second kappa shape index (κ2) is 10.6. The maximum Gasteiger partial charge on any atom is 0.0575 e. The molecule has 0 aromatic heterocycles. The number of hydrogen-bond acceptors (Lipinski definition) is 2. The standard InChI is InChI=1S/C19H36O2/c1-2-3-15-20-19-12-8-9-17(13-14-19)16-21-18-10-6-4-5-7-11-18/h17-19H,2-16H2,1H3. The molecule has 0 amide bonds. The molecule has 2 aliphatic rings. The molecule has 0 bridgehead atoms. The van der Waals surface area contributed by atoms with Gasteiger partial charge in [0.2, 0.25) is 0 Å². The van der Waals surface area contributed by atoms with Crippen LogP contribution in [0, 0.1) is 5.92 Å². The quantitative estimate of drug-likeness (QED) is 0.457. The third-order valence-electron chi connectivity index (χ3n) is 5.26. The topological polar surface area (TPSA) is 18.5 Å². The van der Waals surface area contributed by atoms with E-state index in [1.165, 1.54) is 83.5 Å². The SMILES string of the molecule is CCCCOC1CCCC(COC2CCCCCC2)CC1. The monoisotopic (exact) mass is 296 g/mol. The van der Waals surface area contributed by atoms with Crippen molar-refractivity contribution in [1.29, 1.82) is 0 Å². The Morgan fingerprint density at radius 1 is 0.714 bits per heavy atom. The largest absolute Gasteiger partial charge is 0.378 e. The summed E-state index contributed by atoms with van der Waals surface area (Å²) in [4.78, 5) is 0. The molecule has 2 atom stereocenters. The molecule has 2 fully saturated rings. The maximum atomic E-state index is 6.25. The van der Waals surface area contributed by atoms with Gasteiger partial charge in [-0.05, 0) is 50.9 Å². The second-order valence-corrected chi connectivity index (χ2v) is 7.17. The normalized spacial score (nSPS) is 29.0. The molecule has 2 unspecified atom stereocenters. The van der Waals surface area contributed by atoms with Gasteiger partial charge in [-0.15, -0.1) is 0 Å². The average Bonchev–Trinajstić information content (AvgIpc) is 2.88. The van der Waals surface area contributed by atoms with Gasteiger partial charge in [0.25, 0.3) is 0 Å². The molecule has 124 valence electrons. The molecule has 2 saturated carbocycles. The molecule has 0 spiro atoms. The van der Waals surface area contributed by atoms with Crippen LogP contribution >= 0.6 is 0 Å². The highest BCUT2D eigenvalue weighted by atomic mass is 16.5. The molecular formula is C19H36O2. The Morgan fingerprint density at radius 2 is 1.43 bits per heavy atom. The van der Waals surface area contributed by atoms with Crippen LogP contribution in [0.4, 0.5) is 0 Å². The van der Waals surface area contributed by atoms with E-state index in [0.29, 0.717) is 12.2 Å². The van der Waals surface area contributed by atoms with Crippen molar-refractivity contribution in [1.82, 2.24) is 0 Å². The number of rotatable bonds is 7. The van der Waals surface area contributed by atoms with Crippen LogP contribution in [0.1, 0.15) is 90.4 Å². The maximum absolute atomic E-state index is 6.25. The van der Waals surface area contributed by atoms with Gasteiger partial charge in [0, 0.05) is 13.2 Å². The van der Waals surface area contributed by atoms with Gasteiger partial charge >= 0.3 is 0 Å². The van der Waals surface area contributed by atoms with E-state index in [-0.39, 0.29) is 0 Å². The van der Waals surface area contributed by atoms with E-state index in [2.05, 4.69) is 6.92 Å². The van der Waals surface area contributed by atoms with Crippen LogP contribution in [0.15, 0.2) is 0 Å². The molecule has 2 heteroatoms. The van der Waals surface area contributed by atoms with Crippen LogP contribution in [0.5, 0.6) is 0 Å². The lowest BCUT2D eigenvalue weighted by Gasteiger charge is -2.20. The van der Waals surface area contributed by atoms with Crippen LogP contribution in [0.25, 0.3) is 0 Å². The minimum absolute atomic E-state index is 0.527.